The van der Waals surface area contributed by atoms with E-state index in [1.165, 1.54) is 11.8 Å². The van der Waals surface area contributed by atoms with Crippen molar-refractivity contribution in [3.05, 3.63) is 52.6 Å². The second kappa shape index (κ2) is 12.2. The van der Waals surface area contributed by atoms with Crippen molar-refractivity contribution in [2.24, 2.45) is 29.4 Å². The van der Waals surface area contributed by atoms with Gasteiger partial charge in [0.15, 0.2) is 28.7 Å². The molecule has 3 aliphatic carbocycles. The number of aliphatic hydroxyl groups is 2. The molecule has 0 aliphatic heterocycles. The van der Waals surface area contributed by atoms with Crippen LogP contribution in [-0.4, -0.2) is 101 Å². The van der Waals surface area contributed by atoms with Crippen molar-refractivity contribution in [1.29, 1.82) is 0 Å². The van der Waals surface area contributed by atoms with Crippen molar-refractivity contribution in [2.75, 3.05) is 38.4 Å². The Balaban J connectivity index is 1.48. The van der Waals surface area contributed by atoms with Crippen molar-refractivity contribution in [2.45, 2.75) is 44.1 Å². The van der Waals surface area contributed by atoms with Crippen LogP contribution in [0.4, 0.5) is 16.2 Å². The summed E-state index contributed by atoms with van der Waals surface area (Å²) >= 11 is 0. The van der Waals surface area contributed by atoms with Crippen LogP contribution < -0.4 is 21.3 Å². The number of nitrogens with one attached hydrogen (secondary N) is 2. The Morgan fingerprint density at radius 1 is 1.04 bits per heavy atom. The molecule has 0 bridgehead atoms. The summed E-state index contributed by atoms with van der Waals surface area (Å²) in [6.07, 6.45) is -1.44. The van der Waals surface area contributed by atoms with Crippen LogP contribution in [0.5, 0.6) is 5.75 Å². The number of benzene rings is 2. The number of nitrogens with two attached hydrogens (primary N) is 1. The fourth-order valence-electron chi connectivity index (χ4n) is 7.60. The van der Waals surface area contributed by atoms with Gasteiger partial charge in [-0.1, -0.05) is 0 Å². The average Bonchev–Trinajstić information content (AvgIpc) is 2.98. The number of likely N-dealkylation sites (N-methyl/N-ethyl adjacent to an activating group) is 1. The summed E-state index contributed by atoms with van der Waals surface area (Å²) in [5.74, 6) is -10.1. The predicted molar refractivity (Wildman–Crippen MR) is 169 cm³/mol. The Morgan fingerprint density at radius 2 is 1.68 bits per heavy atom. The van der Waals surface area contributed by atoms with Crippen molar-refractivity contribution in [3.63, 3.8) is 0 Å². The molecule has 7 N–H and O–H groups in total. The monoisotopic (exact) mass is 649 g/mol. The van der Waals surface area contributed by atoms with Crippen LogP contribution in [0.3, 0.4) is 0 Å². The largest absolute Gasteiger partial charge is 0.507 e. The summed E-state index contributed by atoms with van der Waals surface area (Å²) < 4.78 is 0. The number of nitrogens with zero attached hydrogens (tertiary/aromatic N) is 2. The highest BCUT2D eigenvalue weighted by Crippen LogP contribution is 2.52. The fourth-order valence-corrected chi connectivity index (χ4v) is 7.60. The number of phenols is 1. The van der Waals surface area contributed by atoms with Crippen molar-refractivity contribution < 1.29 is 44.1 Å². The smallest absolute Gasteiger partial charge is 0.319 e. The molecule has 0 saturated heterocycles. The Kier molecular flexibility index (Phi) is 8.73. The molecule has 7 atom stereocenters. The second-order valence-corrected chi connectivity index (χ2v) is 13.1. The molecule has 0 spiro atoms. The highest BCUT2D eigenvalue weighted by Gasteiger charge is 2.69. The molecule has 3 amide bonds. The minimum absolute atomic E-state index is 0.000278. The van der Waals surface area contributed by atoms with Crippen LogP contribution in [0.1, 0.15) is 45.2 Å². The number of urea groups is 1. The number of hydrogen-bond donors (Lipinski definition) is 6. The predicted octanol–water partition coefficient (Wildman–Crippen LogP) is 0.249. The molecule has 47 heavy (non-hydrogen) atoms. The van der Waals surface area contributed by atoms with E-state index in [1.54, 1.807) is 63.4 Å². The van der Waals surface area contributed by atoms with Crippen molar-refractivity contribution in [3.8, 4) is 5.75 Å². The number of fused-ring (bicyclic) bond motifs is 3. The Bertz CT molecular complexity index is 1690. The number of phenolic OH excluding ortho intramolecular Hbond substituents is 1. The van der Waals surface area contributed by atoms with E-state index in [4.69, 9.17) is 5.73 Å². The van der Waals surface area contributed by atoms with Gasteiger partial charge in [0.1, 0.15) is 11.7 Å². The summed E-state index contributed by atoms with van der Waals surface area (Å²) in [6.45, 7) is 1.22. The maximum absolute atomic E-state index is 14.2. The van der Waals surface area contributed by atoms with E-state index in [9.17, 15) is 44.1 Å². The van der Waals surface area contributed by atoms with E-state index in [0.717, 1.165) is 0 Å². The Labute approximate surface area is 270 Å². The van der Waals surface area contributed by atoms with E-state index < -0.39 is 76.5 Å². The zero-order valence-corrected chi connectivity index (χ0v) is 26.7. The normalized spacial score (nSPS) is 28.2. The van der Waals surface area contributed by atoms with E-state index in [2.05, 4.69) is 10.6 Å². The lowest BCUT2D eigenvalue weighted by molar-refractivity contribution is -0.190. The minimum atomic E-state index is -2.76. The number of aromatic hydroxyl groups is 1. The molecule has 2 aromatic carbocycles. The third-order valence-electron chi connectivity index (χ3n) is 9.82. The Hall–Kier alpha value is -4.66. The first-order valence-corrected chi connectivity index (χ1v) is 15.2. The van der Waals surface area contributed by atoms with Gasteiger partial charge in [-0.3, -0.25) is 24.0 Å². The van der Waals surface area contributed by atoms with Gasteiger partial charge in [0.2, 0.25) is 5.91 Å². The number of hydrogen-bond acceptors (Lipinski definition) is 11. The minimum Gasteiger partial charge on any atom is -0.507 e. The van der Waals surface area contributed by atoms with Crippen LogP contribution in [0, 0.1) is 23.7 Å². The molecule has 2 aromatic rings. The van der Waals surface area contributed by atoms with Gasteiger partial charge >= 0.3 is 6.03 Å². The van der Waals surface area contributed by atoms with Crippen molar-refractivity contribution >= 4 is 46.4 Å². The lowest BCUT2D eigenvalue weighted by Crippen LogP contribution is -2.75. The molecule has 3 unspecified atom stereocenters. The molecule has 3 aliphatic rings. The molecule has 2 saturated carbocycles. The second-order valence-electron chi connectivity index (χ2n) is 13.1. The highest BCUT2D eigenvalue weighted by molar-refractivity contribution is 6.25. The lowest BCUT2D eigenvalue weighted by Gasteiger charge is -2.55. The summed E-state index contributed by atoms with van der Waals surface area (Å²) in [7, 11) is 6.65. The van der Waals surface area contributed by atoms with E-state index in [0.29, 0.717) is 22.5 Å². The average molecular weight is 650 g/mol. The maximum Gasteiger partial charge on any atom is 0.319 e. The SMILES string of the molecule is CC(=O)c1ccc(NC(=O)NCc2cc(N(C)C)c3c(c2O)C(=O)C2C(=O)[C@@]4(O)C(=O)C(C(N)=O)C(O)[C@H](N(C)C)[C@H]4C[C@H]2C3)cc1. The van der Waals surface area contributed by atoms with E-state index in [1.807, 2.05) is 0 Å². The van der Waals surface area contributed by atoms with Gasteiger partial charge in [0.05, 0.1) is 17.6 Å². The first-order valence-electron chi connectivity index (χ1n) is 15.2. The highest BCUT2D eigenvalue weighted by atomic mass is 16.3. The molecule has 14 heteroatoms. The lowest BCUT2D eigenvalue weighted by atomic mass is 9.52. The van der Waals surface area contributed by atoms with Crippen LogP contribution in [0.25, 0.3) is 0 Å². The number of anilines is 2. The maximum atomic E-state index is 14.2. The third kappa shape index (κ3) is 5.45. The number of primary amides is 1. The van der Waals surface area contributed by atoms with Crippen LogP contribution in [0.2, 0.25) is 0 Å². The fraction of sp³-hybridized carbons (Fsp3) is 0.455. The van der Waals surface area contributed by atoms with Crippen LogP contribution >= 0.6 is 0 Å². The molecular formula is C33H39N5O9. The van der Waals surface area contributed by atoms with Gasteiger partial charge in [-0.15, -0.1) is 0 Å². The van der Waals surface area contributed by atoms with Crippen molar-refractivity contribution in [1.82, 2.24) is 10.2 Å². The summed E-state index contributed by atoms with van der Waals surface area (Å²) in [6, 6.07) is 6.29. The topological polar surface area (TPSA) is 220 Å². The summed E-state index contributed by atoms with van der Waals surface area (Å²) in [5, 5.41) is 39.5. The number of carbonyl (C=O) groups is 6. The van der Waals surface area contributed by atoms with Gasteiger partial charge < -0.3 is 41.5 Å². The number of aliphatic hydroxyl groups excluding tert-OH is 1. The van der Waals surface area contributed by atoms with E-state index >= 15 is 0 Å². The number of ketones is 4. The molecule has 0 heterocycles. The molecular weight excluding hydrogens is 610 g/mol. The quantitative estimate of drug-likeness (QED) is 0.176. The summed E-state index contributed by atoms with van der Waals surface area (Å²) in [4.78, 5) is 81.6. The van der Waals surface area contributed by atoms with Gasteiger partial charge in [-0.25, -0.2) is 4.79 Å². The van der Waals surface area contributed by atoms with Crippen LogP contribution in [0.15, 0.2) is 30.3 Å². The molecule has 0 radical (unpaired) electrons. The van der Waals surface area contributed by atoms with Crippen LogP contribution in [-0.2, 0) is 27.3 Å². The van der Waals surface area contributed by atoms with Gasteiger partial charge in [0, 0.05) is 55.1 Å². The molecule has 14 nitrogen and oxygen atoms in total. The number of Topliss-reactive ketones (excluding diaryl/α,β-unsaturated/α-hetero) is 4. The number of rotatable bonds is 7. The molecule has 5 rings (SSSR count). The number of amides is 3. The number of carbonyl (C=O) groups excluding carboxylic acids is 6. The van der Waals surface area contributed by atoms with Gasteiger partial charge in [-0.2, -0.15) is 0 Å². The zero-order valence-electron chi connectivity index (χ0n) is 26.7. The third-order valence-corrected chi connectivity index (χ3v) is 9.82. The molecule has 2 fully saturated rings. The molecule has 250 valence electrons. The zero-order chi connectivity index (χ0) is 34.7. The van der Waals surface area contributed by atoms with Gasteiger partial charge in [-0.05, 0) is 75.7 Å². The van der Waals surface area contributed by atoms with E-state index in [-0.39, 0.29) is 36.3 Å². The molecule has 0 aromatic heterocycles. The summed E-state index contributed by atoms with van der Waals surface area (Å²) in [5.41, 5.74) is 4.64. The first kappa shape index (κ1) is 33.7. The first-order chi connectivity index (χ1) is 22.0. The Morgan fingerprint density at radius 3 is 2.23 bits per heavy atom. The van der Waals surface area contributed by atoms with Gasteiger partial charge in [0.25, 0.3) is 0 Å². The standard InChI is InChI=1S/C33H39N5O9/c1-14(39)15-6-8-18(9-7-15)36-32(46)35-13-17-12-21(37(2)3)19-10-16-11-20-25(38(4)5)28(42)24(31(34)45)30(44)33(20,47)29(43)22(16)27(41)23(19)26(17)40/h6-9,12,16,20,22,24-25,28,40,42,47H,10-11,13H2,1-5H3,(H2,34,45)(H2,35,36,46)/t16-,20-,22?,24?,25-,28?,33-/m1/s1.